The molecule has 360 valence electrons. The third-order valence-electron chi connectivity index (χ3n) is 10.8. The van der Waals surface area contributed by atoms with Crippen LogP contribution in [-0.2, 0) is 28.6 Å². The molecule has 0 aliphatic heterocycles. The summed E-state index contributed by atoms with van der Waals surface area (Å²) in [5.41, 5.74) is 0. The zero-order valence-corrected chi connectivity index (χ0v) is 41.0. The number of esters is 2. The summed E-state index contributed by atoms with van der Waals surface area (Å²) in [6.07, 6.45) is 59.3. The molecule has 2 atom stereocenters. The molecule has 0 aromatic heterocycles. The molecular formula is C55H94NO7+. The van der Waals surface area contributed by atoms with E-state index in [4.69, 9.17) is 14.2 Å². The number of carbonyl (C=O) groups excluding carboxylic acids is 2. The van der Waals surface area contributed by atoms with E-state index in [-0.39, 0.29) is 42.7 Å². The molecule has 0 rings (SSSR count). The van der Waals surface area contributed by atoms with Crippen molar-refractivity contribution >= 4 is 17.9 Å². The first-order valence-electron chi connectivity index (χ1n) is 25.1. The second-order valence-electron chi connectivity index (χ2n) is 17.7. The maximum absolute atomic E-state index is 12.8. The Balaban J connectivity index is 4.39. The van der Waals surface area contributed by atoms with Crippen LogP contribution in [0.3, 0.4) is 0 Å². The molecule has 0 saturated heterocycles. The molecule has 0 fully saturated rings. The Morgan fingerprint density at radius 3 is 1.38 bits per heavy atom. The lowest BCUT2D eigenvalue weighted by molar-refractivity contribution is -0.887. The molecule has 0 spiro atoms. The van der Waals surface area contributed by atoms with Crippen molar-refractivity contribution in [2.24, 2.45) is 0 Å². The lowest BCUT2D eigenvalue weighted by Gasteiger charge is -2.31. The van der Waals surface area contributed by atoms with Gasteiger partial charge in [0, 0.05) is 19.3 Å². The van der Waals surface area contributed by atoms with E-state index in [0.717, 1.165) is 57.8 Å². The molecule has 8 nitrogen and oxygen atoms in total. The van der Waals surface area contributed by atoms with Crippen LogP contribution >= 0.6 is 0 Å². The molecule has 2 unspecified atom stereocenters. The van der Waals surface area contributed by atoms with Gasteiger partial charge >= 0.3 is 17.9 Å². The Hall–Kier alpha value is -3.49. The number of quaternary nitrogens is 1. The number of rotatable bonds is 44. The molecule has 0 radical (unpaired) electrons. The van der Waals surface area contributed by atoms with E-state index < -0.39 is 18.1 Å². The van der Waals surface area contributed by atoms with Crippen molar-refractivity contribution in [2.45, 2.75) is 206 Å². The number of ether oxygens (including phenoxy) is 3. The summed E-state index contributed by atoms with van der Waals surface area (Å²) in [6.45, 7) is 4.54. The Morgan fingerprint density at radius 1 is 0.492 bits per heavy atom. The summed E-state index contributed by atoms with van der Waals surface area (Å²) in [6, 6.07) is -0.631. The highest BCUT2D eigenvalue weighted by Crippen LogP contribution is 2.14. The van der Waals surface area contributed by atoms with Crippen LogP contribution < -0.4 is 0 Å². The molecule has 0 aromatic carbocycles. The summed E-state index contributed by atoms with van der Waals surface area (Å²) in [5, 5.41) is 9.65. The lowest BCUT2D eigenvalue weighted by atomic mass is 10.1. The number of carboxylic acid groups (broad SMARTS) is 1. The highest BCUT2D eigenvalue weighted by Gasteiger charge is 2.31. The molecule has 0 aliphatic rings. The van der Waals surface area contributed by atoms with Gasteiger partial charge in [-0.1, -0.05) is 182 Å². The fourth-order valence-electron chi connectivity index (χ4n) is 6.94. The smallest absolute Gasteiger partial charge is 0.362 e. The fraction of sp³-hybridized carbons (Fsp3) is 0.691. The monoisotopic (exact) mass is 881 g/mol. The zero-order chi connectivity index (χ0) is 46.3. The number of carbonyl (C=O) groups is 3. The van der Waals surface area contributed by atoms with E-state index in [0.29, 0.717) is 19.3 Å². The van der Waals surface area contributed by atoms with Crippen molar-refractivity contribution in [1.82, 2.24) is 0 Å². The molecule has 63 heavy (non-hydrogen) atoms. The molecule has 0 heterocycles. The first kappa shape index (κ1) is 59.5. The highest BCUT2D eigenvalue weighted by atomic mass is 16.6. The van der Waals surface area contributed by atoms with Gasteiger partial charge in [0.15, 0.2) is 12.1 Å². The van der Waals surface area contributed by atoms with Crippen molar-refractivity contribution in [2.75, 3.05) is 41.0 Å². The molecule has 0 aromatic rings. The maximum Gasteiger partial charge on any atom is 0.362 e. The van der Waals surface area contributed by atoms with Gasteiger partial charge in [0.25, 0.3) is 0 Å². The minimum absolute atomic E-state index is 0.0318. The van der Waals surface area contributed by atoms with E-state index in [1.165, 1.54) is 96.3 Å². The SMILES string of the molecule is CC/C=C/C/C=C/C/C=C/C/C=C/C/C=C/C/C=C/CCC(=O)OCC(COCCC(C(=O)O)[N+](C)(C)C)OC(=O)CCCCCCCCC/C=C/CCCCCCCCCCC. The van der Waals surface area contributed by atoms with Gasteiger partial charge in [0.05, 0.1) is 34.4 Å². The predicted molar refractivity (Wildman–Crippen MR) is 266 cm³/mol. The van der Waals surface area contributed by atoms with Gasteiger partial charge in [-0.2, -0.15) is 0 Å². The average molecular weight is 881 g/mol. The number of likely N-dealkylation sites (N-methyl/N-ethyl adjacent to an activating group) is 1. The second-order valence-corrected chi connectivity index (χ2v) is 17.7. The lowest BCUT2D eigenvalue weighted by Crippen LogP contribution is -2.50. The minimum Gasteiger partial charge on any atom is -0.477 e. The number of nitrogens with zero attached hydrogens (tertiary/aromatic N) is 1. The van der Waals surface area contributed by atoms with E-state index >= 15 is 0 Å². The van der Waals surface area contributed by atoms with Crippen molar-refractivity contribution in [3.05, 3.63) is 85.1 Å². The van der Waals surface area contributed by atoms with Crippen molar-refractivity contribution in [3.63, 3.8) is 0 Å². The molecule has 0 bridgehead atoms. The van der Waals surface area contributed by atoms with Crippen LogP contribution in [0.4, 0.5) is 0 Å². The summed E-state index contributed by atoms with van der Waals surface area (Å²) in [4.78, 5) is 37.1. The van der Waals surface area contributed by atoms with Gasteiger partial charge in [-0.25, -0.2) is 4.79 Å². The molecule has 0 amide bonds. The fourth-order valence-corrected chi connectivity index (χ4v) is 6.94. The van der Waals surface area contributed by atoms with Crippen LogP contribution in [0.5, 0.6) is 0 Å². The van der Waals surface area contributed by atoms with Crippen LogP contribution in [0.2, 0.25) is 0 Å². The Morgan fingerprint density at radius 2 is 0.921 bits per heavy atom. The molecule has 0 saturated carbocycles. The Bertz CT molecular complexity index is 1300. The third-order valence-corrected chi connectivity index (χ3v) is 10.8. The molecule has 0 aliphatic carbocycles. The molecular weight excluding hydrogens is 787 g/mol. The normalized spacial score (nSPS) is 13.6. The highest BCUT2D eigenvalue weighted by molar-refractivity contribution is 5.72. The number of carboxylic acids is 1. The topological polar surface area (TPSA) is 99.1 Å². The van der Waals surface area contributed by atoms with Crippen LogP contribution in [0.15, 0.2) is 85.1 Å². The van der Waals surface area contributed by atoms with E-state index in [9.17, 15) is 19.5 Å². The predicted octanol–water partition coefficient (Wildman–Crippen LogP) is 14.5. The third kappa shape index (κ3) is 43.5. The standard InChI is InChI=1S/C55H93NO7/c1-6-8-10-12-14-16-18-20-22-24-26-28-30-32-34-36-38-40-42-44-46-54(58)63-51(49-61-48-47-52(55(59)60)56(3,4)5)50-62-53(57)45-43-41-39-37-35-33-31-29-27-25-23-21-19-17-15-13-11-9-7-2/h9,11,15,17,21,23,26-29,33,35,39,41,51-52H,6-8,10,12-14,16,18-20,22,24-25,30-32,34,36-38,40,42-50H2,1-5H3/p+1/b11-9+,17-15+,23-21+,28-26+,29-27+,35-33+,41-39+. The van der Waals surface area contributed by atoms with Crippen LogP contribution in [-0.4, -0.2) is 80.6 Å². The Labute approximate surface area is 386 Å². The van der Waals surface area contributed by atoms with Gasteiger partial charge in [0.2, 0.25) is 0 Å². The van der Waals surface area contributed by atoms with Crippen LogP contribution in [0.1, 0.15) is 194 Å². The van der Waals surface area contributed by atoms with E-state index in [2.05, 4.69) is 86.8 Å². The van der Waals surface area contributed by atoms with Crippen LogP contribution in [0, 0.1) is 0 Å². The maximum atomic E-state index is 12.8. The number of aliphatic carboxylic acids is 1. The Kier molecular flexibility index (Phi) is 42.6. The summed E-state index contributed by atoms with van der Waals surface area (Å²) in [7, 11) is 5.50. The average Bonchev–Trinajstić information content (AvgIpc) is 3.24. The van der Waals surface area contributed by atoms with Crippen molar-refractivity contribution < 1.29 is 38.2 Å². The van der Waals surface area contributed by atoms with Gasteiger partial charge in [-0.3, -0.25) is 9.59 Å². The zero-order valence-electron chi connectivity index (χ0n) is 41.0. The van der Waals surface area contributed by atoms with Crippen LogP contribution in [0.25, 0.3) is 0 Å². The van der Waals surface area contributed by atoms with Gasteiger partial charge in [-0.05, 0) is 77.0 Å². The summed E-state index contributed by atoms with van der Waals surface area (Å²) in [5.74, 6) is -1.58. The number of hydrogen-bond donors (Lipinski definition) is 1. The summed E-state index contributed by atoms with van der Waals surface area (Å²) >= 11 is 0. The first-order chi connectivity index (χ1) is 30.6. The van der Waals surface area contributed by atoms with E-state index in [1.54, 1.807) is 0 Å². The quantitative estimate of drug-likeness (QED) is 0.0282. The van der Waals surface area contributed by atoms with Crippen molar-refractivity contribution in [3.8, 4) is 0 Å². The first-order valence-corrected chi connectivity index (χ1v) is 25.1. The number of allylic oxidation sites excluding steroid dienone is 14. The van der Waals surface area contributed by atoms with Gasteiger partial charge < -0.3 is 23.8 Å². The second kappa shape index (κ2) is 45.1. The summed E-state index contributed by atoms with van der Waals surface area (Å²) < 4.78 is 17.3. The van der Waals surface area contributed by atoms with E-state index in [1.807, 2.05) is 33.3 Å². The molecule has 8 heteroatoms. The minimum atomic E-state index is -0.887. The van der Waals surface area contributed by atoms with Crippen molar-refractivity contribution in [1.29, 1.82) is 0 Å². The largest absolute Gasteiger partial charge is 0.477 e. The number of hydrogen-bond acceptors (Lipinski definition) is 6. The molecule has 1 N–H and O–H groups in total. The number of unbranched alkanes of at least 4 members (excludes halogenated alkanes) is 16. The van der Waals surface area contributed by atoms with Gasteiger partial charge in [-0.15, -0.1) is 0 Å². The van der Waals surface area contributed by atoms with Gasteiger partial charge in [0.1, 0.15) is 6.61 Å².